The van der Waals surface area contributed by atoms with Crippen LogP contribution in [-0.2, 0) is 0 Å². The zero-order valence-corrected chi connectivity index (χ0v) is 17.4. The average Bonchev–Trinajstić information content (AvgIpc) is 3.22. The zero-order valence-electron chi connectivity index (χ0n) is 17.4. The summed E-state index contributed by atoms with van der Waals surface area (Å²) in [5, 5.41) is 11.3. The normalized spacial score (nSPS) is 10.9. The fraction of sp³-hybridized carbons (Fsp3) is 0.0833. The van der Waals surface area contributed by atoms with Crippen LogP contribution in [0.25, 0.3) is 16.7 Å². The van der Waals surface area contributed by atoms with Gasteiger partial charge in [-0.1, -0.05) is 18.2 Å². The summed E-state index contributed by atoms with van der Waals surface area (Å²) >= 11 is 0. The third-order valence-corrected chi connectivity index (χ3v) is 5.02. The predicted octanol–water partition coefficient (Wildman–Crippen LogP) is 4.64. The molecule has 1 N–H and O–H groups in total. The molecule has 1 amide bonds. The Morgan fingerprint density at radius 3 is 2.56 bits per heavy atom. The van der Waals surface area contributed by atoms with Crippen LogP contribution in [0.15, 0.2) is 72.8 Å². The number of benzene rings is 3. The monoisotopic (exact) mass is 425 g/mol. The molecule has 5 rings (SSSR count). The van der Waals surface area contributed by atoms with Crippen molar-refractivity contribution >= 4 is 28.3 Å². The lowest BCUT2D eigenvalue weighted by Crippen LogP contribution is -2.11. The second-order valence-corrected chi connectivity index (χ2v) is 7.12. The maximum atomic E-state index is 12.5. The number of rotatable bonds is 5. The Balaban J connectivity index is 1.39. The molecule has 0 aliphatic carbocycles. The van der Waals surface area contributed by atoms with Crippen LogP contribution >= 0.6 is 0 Å². The predicted molar refractivity (Wildman–Crippen MR) is 120 cm³/mol. The number of ether oxygens (including phenoxy) is 2. The van der Waals surface area contributed by atoms with E-state index >= 15 is 0 Å². The van der Waals surface area contributed by atoms with Crippen molar-refractivity contribution < 1.29 is 14.3 Å². The number of hydrogen-bond acceptors (Lipinski definition) is 6. The number of aryl methyl sites for hydroxylation is 1. The second kappa shape index (κ2) is 7.99. The van der Waals surface area contributed by atoms with Crippen LogP contribution in [0.5, 0.6) is 17.4 Å². The number of anilines is 1. The van der Waals surface area contributed by atoms with Gasteiger partial charge in [0, 0.05) is 11.3 Å². The van der Waals surface area contributed by atoms with Crippen molar-refractivity contribution in [2.24, 2.45) is 0 Å². The Bertz CT molecular complexity index is 1440. The first-order chi connectivity index (χ1) is 15.6. The number of aromatic nitrogens is 4. The first-order valence-electron chi connectivity index (χ1n) is 9.96. The van der Waals surface area contributed by atoms with Gasteiger partial charge >= 0.3 is 0 Å². The van der Waals surface area contributed by atoms with Gasteiger partial charge in [-0.3, -0.25) is 9.20 Å². The number of nitrogens with one attached hydrogen (secondary N) is 1. The third kappa shape index (κ3) is 3.58. The zero-order chi connectivity index (χ0) is 22.1. The molecule has 0 aliphatic heterocycles. The van der Waals surface area contributed by atoms with Gasteiger partial charge in [0.15, 0.2) is 0 Å². The summed E-state index contributed by atoms with van der Waals surface area (Å²) in [5.74, 6) is 2.07. The van der Waals surface area contributed by atoms with Gasteiger partial charge in [-0.05, 0) is 61.5 Å². The summed E-state index contributed by atoms with van der Waals surface area (Å²) in [6, 6.07) is 21.8. The highest BCUT2D eigenvalue weighted by atomic mass is 16.5. The Kier molecular flexibility index (Phi) is 4.87. The molecule has 8 heteroatoms. The molecule has 0 fully saturated rings. The first kappa shape index (κ1) is 19.5. The quantitative estimate of drug-likeness (QED) is 0.441. The highest BCUT2D eigenvalue weighted by Gasteiger charge is 2.15. The molecule has 2 heterocycles. The number of carbonyl (C=O) groups is 1. The van der Waals surface area contributed by atoms with E-state index in [0.717, 1.165) is 16.9 Å². The van der Waals surface area contributed by atoms with Crippen molar-refractivity contribution in [1.29, 1.82) is 0 Å². The summed E-state index contributed by atoms with van der Waals surface area (Å²) in [6.07, 6.45) is 0. The van der Waals surface area contributed by atoms with Crippen LogP contribution in [-0.4, -0.2) is 32.6 Å². The van der Waals surface area contributed by atoms with Gasteiger partial charge in [-0.15, -0.1) is 10.2 Å². The van der Waals surface area contributed by atoms with Gasteiger partial charge in [-0.25, -0.2) is 4.98 Å². The molecule has 0 spiro atoms. The van der Waals surface area contributed by atoms with Crippen molar-refractivity contribution in [3.8, 4) is 17.4 Å². The van der Waals surface area contributed by atoms with Gasteiger partial charge < -0.3 is 14.8 Å². The number of methoxy groups -OCH3 is 1. The van der Waals surface area contributed by atoms with Gasteiger partial charge in [0.2, 0.25) is 5.65 Å². The summed E-state index contributed by atoms with van der Waals surface area (Å²) in [6.45, 7) is 1.88. The molecular formula is C24H19N5O3. The number of fused-ring (bicyclic) bond motifs is 3. The van der Waals surface area contributed by atoms with Crippen LogP contribution in [0, 0.1) is 6.92 Å². The maximum absolute atomic E-state index is 12.5. The van der Waals surface area contributed by atoms with Crippen molar-refractivity contribution in [1.82, 2.24) is 19.6 Å². The van der Waals surface area contributed by atoms with Crippen LogP contribution in [0.4, 0.5) is 5.69 Å². The van der Waals surface area contributed by atoms with Crippen LogP contribution in [0.3, 0.4) is 0 Å². The number of amides is 1. The molecule has 8 nitrogen and oxygen atoms in total. The smallest absolute Gasteiger partial charge is 0.266 e. The van der Waals surface area contributed by atoms with Crippen molar-refractivity contribution in [2.45, 2.75) is 6.92 Å². The van der Waals surface area contributed by atoms with E-state index in [1.807, 2.05) is 35.6 Å². The Hall–Kier alpha value is -4.46. The lowest BCUT2D eigenvalue weighted by Gasteiger charge is -2.10. The van der Waals surface area contributed by atoms with Gasteiger partial charge in [0.05, 0.1) is 18.1 Å². The molecule has 0 aliphatic rings. The van der Waals surface area contributed by atoms with Crippen LogP contribution < -0.4 is 14.8 Å². The molecule has 0 atom stereocenters. The standard InChI is InChI=1S/C24H19N5O3/c1-15-27-28-22-24(26-20-8-3-4-9-21(20)29(15)22)32-18-12-10-17(11-13-18)25-23(30)16-6-5-7-19(14-16)31-2/h3-14H,1-2H3,(H,25,30). The Labute approximate surface area is 183 Å². The summed E-state index contributed by atoms with van der Waals surface area (Å²) in [5.41, 5.74) is 3.37. The molecule has 0 bridgehead atoms. The molecule has 3 aromatic carbocycles. The number of carbonyl (C=O) groups excluding carboxylic acids is 1. The minimum atomic E-state index is -0.227. The average molecular weight is 425 g/mol. The van der Waals surface area contributed by atoms with E-state index in [1.165, 1.54) is 0 Å². The van der Waals surface area contributed by atoms with Gasteiger partial charge in [-0.2, -0.15) is 0 Å². The minimum absolute atomic E-state index is 0.227. The lowest BCUT2D eigenvalue weighted by atomic mass is 10.2. The Morgan fingerprint density at radius 1 is 0.938 bits per heavy atom. The van der Waals surface area contributed by atoms with Crippen molar-refractivity contribution in [2.75, 3.05) is 12.4 Å². The second-order valence-electron chi connectivity index (χ2n) is 7.12. The minimum Gasteiger partial charge on any atom is -0.497 e. The maximum Gasteiger partial charge on any atom is 0.266 e. The molecule has 0 radical (unpaired) electrons. The third-order valence-electron chi connectivity index (χ3n) is 5.02. The van der Waals surface area contributed by atoms with E-state index in [4.69, 9.17) is 9.47 Å². The van der Waals surface area contributed by atoms with E-state index in [2.05, 4.69) is 20.5 Å². The van der Waals surface area contributed by atoms with Crippen LogP contribution in [0.1, 0.15) is 16.2 Å². The summed E-state index contributed by atoms with van der Waals surface area (Å²) < 4.78 is 13.1. The highest BCUT2D eigenvalue weighted by molar-refractivity contribution is 6.04. The van der Waals surface area contributed by atoms with E-state index in [-0.39, 0.29) is 5.91 Å². The fourth-order valence-corrected chi connectivity index (χ4v) is 3.45. The van der Waals surface area contributed by atoms with Crippen molar-refractivity contribution in [3.63, 3.8) is 0 Å². The first-order valence-corrected chi connectivity index (χ1v) is 9.96. The number of nitrogens with zero attached hydrogens (tertiary/aromatic N) is 4. The number of para-hydroxylation sites is 2. The molecule has 32 heavy (non-hydrogen) atoms. The topological polar surface area (TPSA) is 90.6 Å². The van der Waals surface area contributed by atoms with Crippen molar-refractivity contribution in [3.05, 3.63) is 84.2 Å². The lowest BCUT2D eigenvalue weighted by molar-refractivity contribution is 0.102. The molecule has 0 saturated carbocycles. The molecule has 158 valence electrons. The molecule has 2 aromatic heterocycles. The molecule has 0 unspecified atom stereocenters. The molecule has 0 saturated heterocycles. The van der Waals surface area contributed by atoms with Gasteiger partial charge in [0.25, 0.3) is 11.8 Å². The SMILES string of the molecule is COc1cccc(C(=O)Nc2ccc(Oc3nc4ccccc4n4c(C)nnc34)cc2)c1. The molecule has 5 aromatic rings. The molecular weight excluding hydrogens is 406 g/mol. The van der Waals surface area contributed by atoms with Gasteiger partial charge in [0.1, 0.15) is 17.3 Å². The number of hydrogen-bond donors (Lipinski definition) is 1. The van der Waals surface area contributed by atoms with E-state index < -0.39 is 0 Å². The van der Waals surface area contributed by atoms with E-state index in [1.54, 1.807) is 55.6 Å². The van der Waals surface area contributed by atoms with Crippen LogP contribution in [0.2, 0.25) is 0 Å². The largest absolute Gasteiger partial charge is 0.497 e. The van der Waals surface area contributed by atoms with E-state index in [0.29, 0.717) is 34.3 Å². The fourth-order valence-electron chi connectivity index (χ4n) is 3.45. The summed E-state index contributed by atoms with van der Waals surface area (Å²) in [7, 11) is 1.56. The Morgan fingerprint density at radius 2 is 1.75 bits per heavy atom. The highest BCUT2D eigenvalue weighted by Crippen LogP contribution is 2.28. The summed E-state index contributed by atoms with van der Waals surface area (Å²) in [4.78, 5) is 17.1. The van der Waals surface area contributed by atoms with E-state index in [9.17, 15) is 4.79 Å².